The molecule has 4 heteroatoms. The molecule has 1 N–H and O–H groups in total. The van der Waals surface area contributed by atoms with Crippen LogP contribution in [0.3, 0.4) is 0 Å². The van der Waals surface area contributed by atoms with Crippen molar-refractivity contribution < 1.29 is 8.81 Å². The summed E-state index contributed by atoms with van der Waals surface area (Å²) in [5, 5.41) is 3.45. The lowest BCUT2D eigenvalue weighted by atomic mass is 10.1. The number of nitrogens with one attached hydrogen (secondary N) is 1. The average Bonchev–Trinajstić information content (AvgIpc) is 2.90. The van der Waals surface area contributed by atoms with E-state index >= 15 is 0 Å². The molecule has 2 heterocycles. The van der Waals surface area contributed by atoms with Crippen LogP contribution in [0.2, 0.25) is 0 Å². The van der Waals surface area contributed by atoms with Crippen LogP contribution >= 0.6 is 0 Å². The van der Waals surface area contributed by atoms with Crippen LogP contribution in [0, 0.1) is 5.82 Å². The van der Waals surface area contributed by atoms with E-state index in [1.807, 2.05) is 19.1 Å². The summed E-state index contributed by atoms with van der Waals surface area (Å²) in [6.07, 6.45) is 4.84. The quantitative estimate of drug-likeness (QED) is 0.866. The highest BCUT2D eigenvalue weighted by atomic mass is 19.1. The average molecular weight is 262 g/mol. The van der Waals surface area contributed by atoms with Gasteiger partial charge in [-0.2, -0.15) is 0 Å². The lowest BCUT2D eigenvalue weighted by molar-refractivity contribution is 0.426. The Morgan fingerprint density at radius 2 is 2.16 bits per heavy atom. The van der Waals surface area contributed by atoms with E-state index in [-0.39, 0.29) is 11.9 Å². The molecule has 2 unspecified atom stereocenters. The maximum atomic E-state index is 12.8. The molecule has 0 radical (unpaired) electrons. The summed E-state index contributed by atoms with van der Waals surface area (Å²) in [7, 11) is 0. The van der Waals surface area contributed by atoms with E-state index < -0.39 is 0 Å². The molecular weight excluding hydrogens is 243 g/mol. The third kappa shape index (κ3) is 4.17. The smallest absolute Gasteiger partial charge is 0.141 e. The minimum absolute atomic E-state index is 0.104. The molecule has 2 aromatic heterocycles. The van der Waals surface area contributed by atoms with Crippen LogP contribution in [-0.2, 0) is 6.42 Å². The SMILES string of the molecule is CC(CCc1ccco1)NC(C)c1ccc(F)cn1. The van der Waals surface area contributed by atoms with Gasteiger partial charge in [0.05, 0.1) is 18.2 Å². The van der Waals surface area contributed by atoms with E-state index in [0.717, 1.165) is 24.3 Å². The fraction of sp³-hybridized carbons (Fsp3) is 0.400. The van der Waals surface area contributed by atoms with E-state index in [0.29, 0.717) is 6.04 Å². The van der Waals surface area contributed by atoms with Crippen molar-refractivity contribution in [3.8, 4) is 0 Å². The van der Waals surface area contributed by atoms with Crippen molar-refractivity contribution in [1.29, 1.82) is 0 Å². The second-order valence-electron chi connectivity index (χ2n) is 4.81. The van der Waals surface area contributed by atoms with E-state index in [2.05, 4.69) is 17.2 Å². The summed E-state index contributed by atoms with van der Waals surface area (Å²) in [5.41, 5.74) is 0.853. The van der Waals surface area contributed by atoms with Gasteiger partial charge in [0.25, 0.3) is 0 Å². The number of pyridine rings is 1. The molecule has 2 rings (SSSR count). The van der Waals surface area contributed by atoms with E-state index in [1.54, 1.807) is 12.3 Å². The van der Waals surface area contributed by atoms with E-state index in [4.69, 9.17) is 4.42 Å². The number of hydrogen-bond acceptors (Lipinski definition) is 3. The number of nitrogens with zero attached hydrogens (tertiary/aromatic N) is 1. The zero-order valence-electron chi connectivity index (χ0n) is 11.3. The predicted octanol–water partition coefficient (Wildman–Crippen LogP) is 3.49. The number of rotatable bonds is 6. The van der Waals surface area contributed by atoms with Gasteiger partial charge in [-0.25, -0.2) is 4.39 Å². The highest BCUT2D eigenvalue weighted by molar-refractivity contribution is 5.09. The Labute approximate surface area is 112 Å². The Kier molecular flexibility index (Phi) is 4.68. The first kappa shape index (κ1) is 13.7. The van der Waals surface area contributed by atoms with Crippen molar-refractivity contribution >= 4 is 0 Å². The van der Waals surface area contributed by atoms with Crippen molar-refractivity contribution in [2.75, 3.05) is 0 Å². The predicted molar refractivity (Wildman–Crippen MR) is 72.2 cm³/mol. The summed E-state index contributed by atoms with van der Waals surface area (Å²) >= 11 is 0. The maximum Gasteiger partial charge on any atom is 0.141 e. The Hall–Kier alpha value is -1.68. The lowest BCUT2D eigenvalue weighted by Crippen LogP contribution is -2.29. The van der Waals surface area contributed by atoms with Gasteiger partial charge in [-0.3, -0.25) is 4.98 Å². The van der Waals surface area contributed by atoms with Gasteiger partial charge in [-0.15, -0.1) is 0 Å². The summed E-state index contributed by atoms with van der Waals surface area (Å²) in [6.45, 7) is 4.16. The molecule has 0 amide bonds. The highest BCUT2D eigenvalue weighted by Crippen LogP contribution is 2.12. The van der Waals surface area contributed by atoms with Crippen LogP contribution < -0.4 is 5.32 Å². The third-order valence-electron chi connectivity index (χ3n) is 3.13. The van der Waals surface area contributed by atoms with Crippen LogP contribution in [0.4, 0.5) is 4.39 Å². The molecule has 102 valence electrons. The normalized spacial score (nSPS) is 14.3. The van der Waals surface area contributed by atoms with Crippen molar-refractivity contribution in [3.63, 3.8) is 0 Å². The molecule has 3 nitrogen and oxygen atoms in total. The largest absolute Gasteiger partial charge is 0.469 e. The van der Waals surface area contributed by atoms with Gasteiger partial charge in [0, 0.05) is 18.5 Å². The van der Waals surface area contributed by atoms with Gasteiger partial charge in [0.15, 0.2) is 0 Å². The second-order valence-corrected chi connectivity index (χ2v) is 4.81. The Morgan fingerprint density at radius 1 is 1.32 bits per heavy atom. The lowest BCUT2D eigenvalue weighted by Gasteiger charge is -2.19. The van der Waals surface area contributed by atoms with Crippen LogP contribution in [-0.4, -0.2) is 11.0 Å². The second kappa shape index (κ2) is 6.48. The van der Waals surface area contributed by atoms with Crippen molar-refractivity contribution in [1.82, 2.24) is 10.3 Å². The van der Waals surface area contributed by atoms with Crippen molar-refractivity contribution in [2.45, 2.75) is 38.8 Å². The molecule has 2 aromatic rings. The molecule has 0 aliphatic rings. The molecule has 0 aliphatic heterocycles. The zero-order valence-corrected chi connectivity index (χ0v) is 11.3. The Bertz CT molecular complexity index is 481. The minimum Gasteiger partial charge on any atom is -0.469 e. The third-order valence-corrected chi connectivity index (χ3v) is 3.13. The number of aryl methyl sites for hydroxylation is 1. The molecule has 0 aliphatic carbocycles. The van der Waals surface area contributed by atoms with Gasteiger partial charge in [-0.1, -0.05) is 0 Å². The zero-order chi connectivity index (χ0) is 13.7. The van der Waals surface area contributed by atoms with Gasteiger partial charge in [0.1, 0.15) is 11.6 Å². The van der Waals surface area contributed by atoms with Crippen LogP contribution in [0.15, 0.2) is 41.1 Å². The van der Waals surface area contributed by atoms with Crippen LogP contribution in [0.1, 0.15) is 37.8 Å². The summed E-state index contributed by atoms with van der Waals surface area (Å²) in [4.78, 5) is 4.09. The van der Waals surface area contributed by atoms with E-state index in [1.165, 1.54) is 12.3 Å². The van der Waals surface area contributed by atoms with E-state index in [9.17, 15) is 4.39 Å². The molecule has 0 spiro atoms. The molecule has 0 aromatic carbocycles. The number of aromatic nitrogens is 1. The molecule has 0 saturated carbocycles. The Morgan fingerprint density at radius 3 is 2.79 bits per heavy atom. The molecule has 0 fully saturated rings. The first-order valence-corrected chi connectivity index (χ1v) is 6.55. The van der Waals surface area contributed by atoms with Gasteiger partial charge in [0.2, 0.25) is 0 Å². The first-order valence-electron chi connectivity index (χ1n) is 6.55. The molecule has 2 atom stereocenters. The summed E-state index contributed by atoms with van der Waals surface area (Å²) in [6, 6.07) is 7.48. The fourth-order valence-corrected chi connectivity index (χ4v) is 2.05. The summed E-state index contributed by atoms with van der Waals surface area (Å²) < 4.78 is 18.1. The number of halogens is 1. The van der Waals surface area contributed by atoms with Crippen LogP contribution in [0.5, 0.6) is 0 Å². The molecule has 0 bridgehead atoms. The van der Waals surface area contributed by atoms with Crippen molar-refractivity contribution in [2.24, 2.45) is 0 Å². The van der Waals surface area contributed by atoms with Gasteiger partial charge < -0.3 is 9.73 Å². The first-order chi connectivity index (χ1) is 9.15. The summed E-state index contributed by atoms with van der Waals surface area (Å²) in [5.74, 6) is 0.697. The van der Waals surface area contributed by atoms with Crippen molar-refractivity contribution in [3.05, 3.63) is 54.0 Å². The molecule has 19 heavy (non-hydrogen) atoms. The number of hydrogen-bond donors (Lipinski definition) is 1. The molecular formula is C15H19FN2O. The Balaban J connectivity index is 1.81. The number of furan rings is 1. The standard InChI is InChI=1S/C15H19FN2O/c1-11(5-7-14-4-3-9-19-14)18-12(2)15-8-6-13(16)10-17-15/h3-4,6,8-12,18H,5,7H2,1-2H3. The minimum atomic E-state index is -0.304. The maximum absolute atomic E-state index is 12.8. The fourth-order valence-electron chi connectivity index (χ4n) is 2.05. The molecule has 0 saturated heterocycles. The topological polar surface area (TPSA) is 38.1 Å². The van der Waals surface area contributed by atoms with Gasteiger partial charge >= 0.3 is 0 Å². The van der Waals surface area contributed by atoms with Gasteiger partial charge in [-0.05, 0) is 44.5 Å². The van der Waals surface area contributed by atoms with Crippen LogP contribution in [0.25, 0.3) is 0 Å². The monoisotopic (exact) mass is 262 g/mol. The highest BCUT2D eigenvalue weighted by Gasteiger charge is 2.11.